The molecule has 0 saturated heterocycles. The molecule has 1 heterocycles. The number of nitrogens with one attached hydrogen (secondary N) is 1. The zero-order valence-electron chi connectivity index (χ0n) is 11.5. The van der Waals surface area contributed by atoms with Gasteiger partial charge in [0.05, 0.1) is 12.8 Å². The van der Waals surface area contributed by atoms with Crippen LogP contribution < -0.4 is 20.9 Å². The molecule has 0 aliphatic rings. The fourth-order valence-electron chi connectivity index (χ4n) is 1.55. The Kier molecular flexibility index (Phi) is 4.39. The van der Waals surface area contributed by atoms with Crippen LogP contribution in [0.4, 0.5) is 9.93 Å². The number of aromatic nitrogens is 1. The summed E-state index contributed by atoms with van der Waals surface area (Å²) in [5.74, 6) is 0.165. The van der Waals surface area contributed by atoms with Crippen molar-refractivity contribution in [3.63, 3.8) is 0 Å². The third-order valence-electron chi connectivity index (χ3n) is 2.58. The first kappa shape index (κ1) is 14.8. The molecule has 21 heavy (non-hydrogen) atoms. The Hall–Kier alpha value is -2.61. The van der Waals surface area contributed by atoms with E-state index in [0.717, 1.165) is 10.7 Å². The molecule has 0 unspecified atom stereocenters. The van der Waals surface area contributed by atoms with Gasteiger partial charge in [0.25, 0.3) is 5.91 Å². The molecule has 110 valence electrons. The summed E-state index contributed by atoms with van der Waals surface area (Å²) in [4.78, 5) is 27.7. The second-order valence-electron chi connectivity index (χ2n) is 4.11. The maximum Gasteiger partial charge on any atom is 0.340 e. The van der Waals surface area contributed by atoms with Crippen LogP contribution >= 0.6 is 11.3 Å². The molecule has 0 aliphatic carbocycles. The van der Waals surface area contributed by atoms with Crippen LogP contribution in [0.5, 0.6) is 5.75 Å². The molecule has 0 fully saturated rings. The Morgan fingerprint density at radius 1 is 1.33 bits per heavy atom. The number of nitrogens with two attached hydrogens (primary N) is 1. The van der Waals surface area contributed by atoms with E-state index in [1.807, 2.05) is 0 Å². The molecule has 3 amide bonds. The summed E-state index contributed by atoms with van der Waals surface area (Å²) in [6.07, 6.45) is 0. The SMILES string of the molecule is COc1ccc(C(=O)NN(C(N)=O)c2nc(C)cs2)cc1. The number of carbonyl (C=O) groups excluding carboxylic acids is 2. The van der Waals surface area contributed by atoms with Crippen LogP contribution in [0.15, 0.2) is 29.6 Å². The summed E-state index contributed by atoms with van der Waals surface area (Å²) in [5, 5.41) is 2.98. The number of urea groups is 1. The summed E-state index contributed by atoms with van der Waals surface area (Å²) in [6.45, 7) is 1.78. The van der Waals surface area contributed by atoms with Gasteiger partial charge in [0.1, 0.15) is 5.75 Å². The highest BCUT2D eigenvalue weighted by Gasteiger charge is 2.19. The second-order valence-corrected chi connectivity index (χ2v) is 4.95. The van der Waals surface area contributed by atoms with Gasteiger partial charge in [0, 0.05) is 10.9 Å². The van der Waals surface area contributed by atoms with Crippen molar-refractivity contribution in [1.29, 1.82) is 0 Å². The van der Waals surface area contributed by atoms with E-state index >= 15 is 0 Å². The van der Waals surface area contributed by atoms with E-state index in [0.29, 0.717) is 16.4 Å². The first-order valence-corrected chi connectivity index (χ1v) is 6.86. The summed E-state index contributed by atoms with van der Waals surface area (Å²) < 4.78 is 5.02. The van der Waals surface area contributed by atoms with Crippen molar-refractivity contribution in [1.82, 2.24) is 10.4 Å². The molecule has 1 aromatic carbocycles. The highest BCUT2D eigenvalue weighted by molar-refractivity contribution is 7.14. The zero-order chi connectivity index (χ0) is 15.4. The topological polar surface area (TPSA) is 97.5 Å². The van der Waals surface area contributed by atoms with Crippen LogP contribution in [0, 0.1) is 6.92 Å². The number of hydrogen-bond acceptors (Lipinski definition) is 5. The Balaban J connectivity index is 2.16. The van der Waals surface area contributed by atoms with Gasteiger partial charge in [-0.2, -0.15) is 5.01 Å². The number of rotatable bonds is 3. The van der Waals surface area contributed by atoms with Crippen LogP contribution in [0.2, 0.25) is 0 Å². The Morgan fingerprint density at radius 3 is 2.48 bits per heavy atom. The Bertz CT molecular complexity index is 654. The van der Waals surface area contributed by atoms with Crippen molar-refractivity contribution in [3.8, 4) is 5.75 Å². The number of ether oxygens (including phenoxy) is 1. The maximum absolute atomic E-state index is 12.1. The predicted octanol–water partition coefficient (Wildman–Crippen LogP) is 1.69. The molecular weight excluding hydrogens is 292 g/mol. The third-order valence-corrected chi connectivity index (χ3v) is 3.53. The number of carbonyl (C=O) groups is 2. The van der Waals surface area contributed by atoms with Crippen molar-refractivity contribution in [2.45, 2.75) is 6.92 Å². The molecular formula is C13H14N4O3S. The molecule has 0 bridgehead atoms. The molecule has 0 spiro atoms. The normalized spacial score (nSPS) is 10.0. The van der Waals surface area contributed by atoms with E-state index in [2.05, 4.69) is 10.4 Å². The van der Waals surface area contributed by atoms with Crippen molar-refractivity contribution >= 4 is 28.4 Å². The van der Waals surface area contributed by atoms with Crippen molar-refractivity contribution < 1.29 is 14.3 Å². The first-order valence-electron chi connectivity index (χ1n) is 5.98. The number of aryl methyl sites for hydroxylation is 1. The lowest BCUT2D eigenvalue weighted by Gasteiger charge is -2.18. The zero-order valence-corrected chi connectivity index (χ0v) is 12.3. The average Bonchev–Trinajstić information content (AvgIpc) is 2.90. The fraction of sp³-hybridized carbons (Fsp3) is 0.154. The maximum atomic E-state index is 12.1. The van der Waals surface area contributed by atoms with Crippen molar-refractivity contribution in [2.75, 3.05) is 12.1 Å². The molecule has 8 heteroatoms. The van der Waals surface area contributed by atoms with Crippen LogP contribution in [0.3, 0.4) is 0 Å². The number of hydrazine groups is 1. The third kappa shape index (κ3) is 3.48. The number of nitrogens with zero attached hydrogens (tertiary/aromatic N) is 2. The Morgan fingerprint density at radius 2 is 2.00 bits per heavy atom. The lowest BCUT2D eigenvalue weighted by Crippen LogP contribution is -2.49. The number of methoxy groups -OCH3 is 1. The lowest BCUT2D eigenvalue weighted by molar-refractivity contribution is 0.0950. The average molecular weight is 306 g/mol. The molecule has 2 rings (SSSR count). The number of benzene rings is 1. The lowest BCUT2D eigenvalue weighted by atomic mass is 10.2. The van der Waals surface area contributed by atoms with Gasteiger partial charge in [-0.05, 0) is 31.2 Å². The Labute approximate surface area is 125 Å². The summed E-state index contributed by atoms with van der Waals surface area (Å²) >= 11 is 1.21. The van der Waals surface area contributed by atoms with Crippen LogP contribution in [-0.4, -0.2) is 24.0 Å². The number of anilines is 1. The molecule has 0 radical (unpaired) electrons. The van der Waals surface area contributed by atoms with E-state index in [-0.39, 0.29) is 0 Å². The molecule has 1 aromatic heterocycles. The summed E-state index contributed by atoms with van der Waals surface area (Å²) in [6, 6.07) is 5.65. The van der Waals surface area contributed by atoms with E-state index in [1.165, 1.54) is 18.4 Å². The van der Waals surface area contributed by atoms with Gasteiger partial charge in [-0.1, -0.05) is 0 Å². The van der Waals surface area contributed by atoms with Gasteiger partial charge in [0.15, 0.2) is 0 Å². The summed E-state index contributed by atoms with van der Waals surface area (Å²) in [5.41, 5.74) is 8.80. The predicted molar refractivity (Wildman–Crippen MR) is 79.4 cm³/mol. The first-order chi connectivity index (χ1) is 10.0. The minimum atomic E-state index is -0.814. The van der Waals surface area contributed by atoms with Crippen LogP contribution in [0.25, 0.3) is 0 Å². The molecule has 7 nitrogen and oxygen atoms in total. The van der Waals surface area contributed by atoms with Crippen LogP contribution in [-0.2, 0) is 0 Å². The number of hydrogen-bond donors (Lipinski definition) is 2. The monoisotopic (exact) mass is 306 g/mol. The smallest absolute Gasteiger partial charge is 0.340 e. The van der Waals surface area contributed by atoms with Crippen molar-refractivity contribution in [2.24, 2.45) is 5.73 Å². The second kappa shape index (κ2) is 6.23. The van der Waals surface area contributed by atoms with Gasteiger partial charge in [0.2, 0.25) is 5.13 Å². The van der Waals surface area contributed by atoms with Gasteiger partial charge in [-0.15, -0.1) is 11.3 Å². The highest BCUT2D eigenvalue weighted by Crippen LogP contribution is 2.19. The highest BCUT2D eigenvalue weighted by atomic mass is 32.1. The van der Waals surface area contributed by atoms with Gasteiger partial charge >= 0.3 is 6.03 Å². The van der Waals surface area contributed by atoms with Gasteiger partial charge in [-0.25, -0.2) is 9.78 Å². The van der Waals surface area contributed by atoms with Crippen molar-refractivity contribution in [3.05, 3.63) is 40.9 Å². The van der Waals surface area contributed by atoms with E-state index in [4.69, 9.17) is 10.5 Å². The fourth-order valence-corrected chi connectivity index (χ4v) is 2.32. The quantitative estimate of drug-likeness (QED) is 0.843. The van der Waals surface area contributed by atoms with E-state index in [1.54, 1.807) is 36.6 Å². The standard InChI is InChI=1S/C13H14N4O3S/c1-8-7-21-13(15-8)17(12(14)19)16-11(18)9-3-5-10(20-2)6-4-9/h3-7H,1-2H3,(H2,14,19)(H,16,18). The molecule has 3 N–H and O–H groups in total. The van der Waals surface area contributed by atoms with Gasteiger partial charge < -0.3 is 10.5 Å². The number of amides is 3. The number of thiazole rings is 1. The van der Waals surface area contributed by atoms with Crippen LogP contribution in [0.1, 0.15) is 16.1 Å². The molecule has 0 saturated carbocycles. The van der Waals surface area contributed by atoms with E-state index < -0.39 is 11.9 Å². The van der Waals surface area contributed by atoms with E-state index in [9.17, 15) is 9.59 Å². The van der Waals surface area contributed by atoms with Gasteiger partial charge in [-0.3, -0.25) is 10.2 Å². The minimum absolute atomic E-state index is 0.307. The largest absolute Gasteiger partial charge is 0.497 e. The number of primary amides is 1. The minimum Gasteiger partial charge on any atom is -0.497 e. The molecule has 0 atom stereocenters. The molecule has 0 aliphatic heterocycles. The summed E-state index contributed by atoms with van der Waals surface area (Å²) in [7, 11) is 1.54. The molecule has 2 aromatic rings.